The van der Waals surface area contributed by atoms with E-state index in [2.05, 4.69) is 85.4 Å². The molecule has 1 saturated heterocycles. The first-order valence-corrected chi connectivity index (χ1v) is 15.1. The summed E-state index contributed by atoms with van der Waals surface area (Å²) in [6.07, 6.45) is 3.29. The molecule has 1 N–H and O–H groups in total. The van der Waals surface area contributed by atoms with E-state index in [1.54, 1.807) is 14.2 Å². The monoisotopic (exact) mass is 553 g/mol. The third-order valence-corrected chi connectivity index (χ3v) is 8.39. The first-order valence-electron chi connectivity index (χ1n) is 15.1. The van der Waals surface area contributed by atoms with Crippen LogP contribution in [0.25, 0.3) is 0 Å². The highest BCUT2D eigenvalue weighted by Crippen LogP contribution is 2.35. The molecule has 0 saturated carbocycles. The normalized spacial score (nSPS) is 21.8. The molecule has 7 nitrogen and oxygen atoms in total. The van der Waals surface area contributed by atoms with Crippen molar-refractivity contribution in [1.29, 1.82) is 0 Å². The summed E-state index contributed by atoms with van der Waals surface area (Å²) in [5.41, 5.74) is 3.67. The first kappa shape index (κ1) is 30.6. The maximum atomic E-state index is 6.69. The van der Waals surface area contributed by atoms with Crippen LogP contribution in [0.1, 0.15) is 57.1 Å². The Morgan fingerprint density at radius 1 is 1.10 bits per heavy atom. The Balaban J connectivity index is 1.44. The summed E-state index contributed by atoms with van der Waals surface area (Å²) in [7, 11) is 5.73. The summed E-state index contributed by atoms with van der Waals surface area (Å²) >= 11 is 0. The molecule has 222 valence electrons. The fourth-order valence-corrected chi connectivity index (χ4v) is 6.11. The van der Waals surface area contributed by atoms with Crippen molar-refractivity contribution >= 4 is 5.69 Å². The van der Waals surface area contributed by atoms with Crippen molar-refractivity contribution in [3.8, 4) is 11.5 Å². The zero-order valence-corrected chi connectivity index (χ0v) is 25.5. The summed E-state index contributed by atoms with van der Waals surface area (Å²) in [4.78, 5) is 4.90. The third-order valence-electron chi connectivity index (χ3n) is 8.39. The predicted molar refractivity (Wildman–Crippen MR) is 163 cm³/mol. The number of rotatable bonds is 14. The lowest BCUT2D eigenvalue weighted by Gasteiger charge is -2.39. The number of fused-ring (bicyclic) bond motifs is 1. The molecule has 0 unspecified atom stereocenters. The number of anilines is 1. The van der Waals surface area contributed by atoms with Gasteiger partial charge in [-0.05, 0) is 74.5 Å². The number of ether oxygens (including phenoxy) is 4. The second-order valence-corrected chi connectivity index (χ2v) is 12.0. The molecule has 2 aromatic carbocycles. The van der Waals surface area contributed by atoms with Crippen LogP contribution in [0.15, 0.2) is 42.5 Å². The molecule has 0 amide bonds. The van der Waals surface area contributed by atoms with Crippen LogP contribution in [-0.2, 0) is 16.1 Å². The molecule has 4 rings (SSSR count). The number of hydrogen-bond acceptors (Lipinski definition) is 7. The summed E-state index contributed by atoms with van der Waals surface area (Å²) in [5.74, 6) is 2.85. The van der Waals surface area contributed by atoms with E-state index in [1.807, 2.05) is 0 Å². The second kappa shape index (κ2) is 15.1. The standard InChI is InChI=1S/C33H51N3O4/c1-24(2)22-35(4)25(3)18-28-20-30(27-9-11-29(38-6)12-10-27)33(21-34-28)40-23-26-8-13-32-31(19-26)36(15-17-39-32)14-7-16-37-5/h8-13,19,24-25,28,30,33-34H,7,14-18,20-23H2,1-6H3/t25-,28+,30-,33+/m1/s1. The highest BCUT2D eigenvalue weighted by molar-refractivity contribution is 5.61. The van der Waals surface area contributed by atoms with E-state index in [0.29, 0.717) is 30.5 Å². The molecule has 2 aromatic rings. The molecule has 0 spiro atoms. The van der Waals surface area contributed by atoms with Crippen molar-refractivity contribution in [2.75, 3.05) is 65.6 Å². The Hall–Kier alpha value is -2.32. The van der Waals surface area contributed by atoms with Gasteiger partial charge in [0.05, 0.1) is 32.1 Å². The van der Waals surface area contributed by atoms with Gasteiger partial charge in [0.15, 0.2) is 0 Å². The number of piperidine rings is 1. The molecule has 0 aromatic heterocycles. The van der Waals surface area contributed by atoms with Crippen molar-refractivity contribution < 1.29 is 18.9 Å². The van der Waals surface area contributed by atoms with E-state index < -0.39 is 0 Å². The summed E-state index contributed by atoms with van der Waals surface area (Å²) in [6, 6.07) is 16.0. The van der Waals surface area contributed by atoms with Crippen molar-refractivity contribution in [2.24, 2.45) is 5.92 Å². The van der Waals surface area contributed by atoms with Gasteiger partial charge in [0.25, 0.3) is 0 Å². The van der Waals surface area contributed by atoms with Crippen LogP contribution in [0.2, 0.25) is 0 Å². The third kappa shape index (κ3) is 8.35. The lowest BCUT2D eigenvalue weighted by Crippen LogP contribution is -2.49. The highest BCUT2D eigenvalue weighted by Gasteiger charge is 2.33. The van der Waals surface area contributed by atoms with Gasteiger partial charge in [0, 0.05) is 51.4 Å². The van der Waals surface area contributed by atoms with E-state index in [1.165, 1.54) is 11.1 Å². The average molecular weight is 554 g/mol. The van der Waals surface area contributed by atoms with Gasteiger partial charge in [-0.1, -0.05) is 32.0 Å². The first-order chi connectivity index (χ1) is 19.4. The molecular weight excluding hydrogens is 502 g/mol. The van der Waals surface area contributed by atoms with Crippen molar-refractivity contribution in [3.05, 3.63) is 53.6 Å². The molecule has 7 heteroatoms. The van der Waals surface area contributed by atoms with Crippen LogP contribution >= 0.6 is 0 Å². The number of benzene rings is 2. The Morgan fingerprint density at radius 3 is 2.62 bits per heavy atom. The van der Waals surface area contributed by atoms with Crippen molar-refractivity contribution in [2.45, 2.75) is 70.7 Å². The molecule has 2 aliphatic heterocycles. The van der Waals surface area contributed by atoms with Crippen LogP contribution < -0.4 is 19.7 Å². The van der Waals surface area contributed by atoms with Gasteiger partial charge in [-0.25, -0.2) is 0 Å². The van der Waals surface area contributed by atoms with E-state index >= 15 is 0 Å². The minimum absolute atomic E-state index is 0.0958. The van der Waals surface area contributed by atoms with Gasteiger partial charge in [0.1, 0.15) is 18.1 Å². The minimum atomic E-state index is 0.0958. The Labute approximate surface area is 242 Å². The van der Waals surface area contributed by atoms with Gasteiger partial charge in [-0.2, -0.15) is 0 Å². The van der Waals surface area contributed by atoms with Gasteiger partial charge in [0.2, 0.25) is 0 Å². The SMILES string of the molecule is COCCCN1CCOc2ccc(CO[C@H]3CN[C@@H](C[C@@H](C)N(C)CC(C)C)C[C@@H]3c3ccc(OC)cc3)cc21. The summed E-state index contributed by atoms with van der Waals surface area (Å²) in [6.45, 7) is 12.8. The number of nitrogens with one attached hydrogen (secondary N) is 1. The number of nitrogens with zero attached hydrogens (tertiary/aromatic N) is 2. The van der Waals surface area contributed by atoms with Gasteiger partial charge >= 0.3 is 0 Å². The molecule has 0 bridgehead atoms. The fraction of sp³-hybridized carbons (Fsp3) is 0.636. The molecule has 0 radical (unpaired) electrons. The van der Waals surface area contributed by atoms with Crippen LogP contribution in [0, 0.1) is 5.92 Å². The van der Waals surface area contributed by atoms with E-state index in [4.69, 9.17) is 18.9 Å². The van der Waals surface area contributed by atoms with Crippen LogP contribution in [0.5, 0.6) is 11.5 Å². The number of methoxy groups -OCH3 is 2. The lowest BCUT2D eigenvalue weighted by atomic mass is 9.82. The van der Waals surface area contributed by atoms with E-state index in [9.17, 15) is 0 Å². The largest absolute Gasteiger partial charge is 0.497 e. The lowest BCUT2D eigenvalue weighted by molar-refractivity contribution is 0.000408. The minimum Gasteiger partial charge on any atom is -0.497 e. The molecule has 4 atom stereocenters. The molecule has 2 heterocycles. The van der Waals surface area contributed by atoms with E-state index in [-0.39, 0.29) is 6.10 Å². The quantitative estimate of drug-likeness (QED) is 0.318. The Morgan fingerprint density at radius 2 is 1.90 bits per heavy atom. The predicted octanol–water partition coefficient (Wildman–Crippen LogP) is 5.33. The molecule has 0 aliphatic carbocycles. The van der Waals surface area contributed by atoms with Crippen molar-refractivity contribution in [3.63, 3.8) is 0 Å². The molecular formula is C33H51N3O4. The second-order valence-electron chi connectivity index (χ2n) is 12.0. The summed E-state index contributed by atoms with van der Waals surface area (Å²) in [5, 5.41) is 3.84. The molecule has 40 heavy (non-hydrogen) atoms. The van der Waals surface area contributed by atoms with E-state index in [0.717, 1.165) is 75.8 Å². The average Bonchev–Trinajstić information content (AvgIpc) is 2.96. The number of hydrogen-bond donors (Lipinski definition) is 1. The van der Waals surface area contributed by atoms with Crippen molar-refractivity contribution in [1.82, 2.24) is 10.2 Å². The fourth-order valence-electron chi connectivity index (χ4n) is 6.11. The maximum Gasteiger partial charge on any atom is 0.142 e. The molecule has 1 fully saturated rings. The van der Waals surface area contributed by atoms with Gasteiger partial charge < -0.3 is 34.1 Å². The van der Waals surface area contributed by atoms with Gasteiger partial charge in [-0.15, -0.1) is 0 Å². The Bertz CT molecular complexity index is 1030. The summed E-state index contributed by atoms with van der Waals surface area (Å²) < 4.78 is 23.3. The highest BCUT2D eigenvalue weighted by atomic mass is 16.5. The Kier molecular flexibility index (Phi) is 11.5. The van der Waals surface area contributed by atoms with Crippen LogP contribution in [0.4, 0.5) is 5.69 Å². The van der Waals surface area contributed by atoms with Crippen LogP contribution in [-0.4, -0.2) is 83.7 Å². The maximum absolute atomic E-state index is 6.69. The smallest absolute Gasteiger partial charge is 0.142 e. The van der Waals surface area contributed by atoms with Crippen LogP contribution in [0.3, 0.4) is 0 Å². The topological polar surface area (TPSA) is 55.4 Å². The molecule has 2 aliphatic rings. The van der Waals surface area contributed by atoms with Gasteiger partial charge in [-0.3, -0.25) is 0 Å². The zero-order valence-electron chi connectivity index (χ0n) is 25.5. The zero-order chi connectivity index (χ0) is 28.5.